The van der Waals surface area contributed by atoms with Gasteiger partial charge in [0.1, 0.15) is 0 Å². The van der Waals surface area contributed by atoms with Crippen LogP contribution in [-0.2, 0) is 27.2 Å². The maximum absolute atomic E-state index is 12.7. The molecule has 1 N–H and O–H groups in total. The number of rotatable bonds is 10. The lowest BCUT2D eigenvalue weighted by Gasteiger charge is -2.10. The van der Waals surface area contributed by atoms with Crippen LogP contribution < -0.4 is 5.32 Å². The van der Waals surface area contributed by atoms with Gasteiger partial charge in [-0.1, -0.05) is 24.8 Å². The van der Waals surface area contributed by atoms with Gasteiger partial charge in [0.25, 0.3) is 0 Å². The van der Waals surface area contributed by atoms with Gasteiger partial charge in [-0.2, -0.15) is 0 Å². The van der Waals surface area contributed by atoms with Gasteiger partial charge >= 0.3 is 11.9 Å². The first-order chi connectivity index (χ1) is 16.8. The minimum atomic E-state index is -0.638. The lowest BCUT2D eigenvalue weighted by atomic mass is 10.1. The van der Waals surface area contributed by atoms with Crippen LogP contribution in [0, 0.1) is 6.92 Å². The van der Waals surface area contributed by atoms with Gasteiger partial charge in [0.05, 0.1) is 31.1 Å². The number of nitrogens with zero attached hydrogens (tertiary/aromatic N) is 3. The van der Waals surface area contributed by atoms with Crippen molar-refractivity contribution in [2.45, 2.75) is 32.0 Å². The predicted octanol–water partition coefficient (Wildman–Crippen LogP) is 4.37. The van der Waals surface area contributed by atoms with Crippen molar-refractivity contribution < 1.29 is 23.9 Å². The van der Waals surface area contributed by atoms with Crippen molar-refractivity contribution in [3.63, 3.8) is 0 Å². The van der Waals surface area contributed by atoms with Crippen LogP contribution in [0.1, 0.15) is 38.1 Å². The molecule has 0 spiro atoms. The largest absolute Gasteiger partial charge is 0.465 e. The summed E-state index contributed by atoms with van der Waals surface area (Å²) in [5.74, 6) is -0.846. The Morgan fingerprint density at radius 1 is 1.14 bits per heavy atom. The Hall–Kier alpha value is -3.44. The lowest BCUT2D eigenvalue weighted by molar-refractivity contribution is -0.113. The first kappa shape index (κ1) is 26.2. The average Bonchev–Trinajstić information content (AvgIpc) is 3.43. The smallest absolute Gasteiger partial charge is 0.337 e. The summed E-state index contributed by atoms with van der Waals surface area (Å²) in [6.07, 6.45) is 2.64. The number of thioether (sulfide) groups is 1. The van der Waals surface area contributed by atoms with Gasteiger partial charge in [-0.25, -0.2) is 9.59 Å². The van der Waals surface area contributed by atoms with Crippen LogP contribution >= 0.6 is 23.1 Å². The molecule has 3 aromatic rings. The van der Waals surface area contributed by atoms with E-state index in [0.717, 1.165) is 17.8 Å². The monoisotopic (exact) mass is 514 g/mol. The van der Waals surface area contributed by atoms with Crippen LogP contribution in [0.5, 0.6) is 0 Å². The van der Waals surface area contributed by atoms with Crippen molar-refractivity contribution in [2.75, 3.05) is 25.3 Å². The fraction of sp³-hybridized carbons (Fsp3) is 0.292. The minimum absolute atomic E-state index is 0.0363. The minimum Gasteiger partial charge on any atom is -0.465 e. The third-order valence-electron chi connectivity index (χ3n) is 5.12. The Kier molecular flexibility index (Phi) is 8.83. The van der Waals surface area contributed by atoms with E-state index in [9.17, 15) is 14.4 Å². The van der Waals surface area contributed by atoms with Gasteiger partial charge in [-0.05, 0) is 37.1 Å². The van der Waals surface area contributed by atoms with Crippen LogP contribution in [0.25, 0.3) is 11.4 Å². The molecule has 11 heteroatoms. The molecule has 0 aliphatic rings. The Morgan fingerprint density at radius 3 is 2.37 bits per heavy atom. The van der Waals surface area contributed by atoms with E-state index >= 15 is 0 Å². The molecule has 0 saturated heterocycles. The number of carbonyl (C=O) groups is 3. The number of amides is 1. The number of hydrogen-bond acceptors (Lipinski definition) is 9. The summed E-state index contributed by atoms with van der Waals surface area (Å²) in [7, 11) is 2.47. The SMILES string of the molecule is C=CCn1c(SCC(=O)Nc2cc(C(=O)OC)cc(C(=O)OC)c2)nnc1-c1csc(C)c1CC. The van der Waals surface area contributed by atoms with E-state index in [0.29, 0.717) is 11.7 Å². The third kappa shape index (κ3) is 5.98. The highest BCUT2D eigenvalue weighted by atomic mass is 32.2. The number of nitrogens with one attached hydrogen (secondary N) is 1. The summed E-state index contributed by atoms with van der Waals surface area (Å²) in [6.45, 7) is 8.52. The first-order valence-corrected chi connectivity index (χ1v) is 12.5. The van der Waals surface area contributed by atoms with Crippen LogP contribution in [0.2, 0.25) is 0 Å². The van der Waals surface area contributed by atoms with Crippen molar-refractivity contribution in [1.82, 2.24) is 14.8 Å². The zero-order valence-corrected chi connectivity index (χ0v) is 21.5. The summed E-state index contributed by atoms with van der Waals surface area (Å²) in [4.78, 5) is 37.9. The fourth-order valence-electron chi connectivity index (χ4n) is 3.49. The van der Waals surface area contributed by atoms with Crippen molar-refractivity contribution in [3.8, 4) is 11.4 Å². The van der Waals surface area contributed by atoms with E-state index in [1.54, 1.807) is 17.4 Å². The fourth-order valence-corrected chi connectivity index (χ4v) is 5.18. The Labute approximate surface area is 211 Å². The van der Waals surface area contributed by atoms with Crippen molar-refractivity contribution in [3.05, 3.63) is 57.8 Å². The molecular formula is C24H26N4O5S2. The number of esters is 2. The second kappa shape index (κ2) is 11.8. The Morgan fingerprint density at radius 2 is 1.80 bits per heavy atom. The highest BCUT2D eigenvalue weighted by Gasteiger charge is 2.20. The standard InChI is InChI=1S/C24H26N4O5S2/c1-6-8-28-21(19-12-34-14(3)18(19)7-2)26-27-24(28)35-13-20(29)25-17-10-15(22(30)32-4)9-16(11-17)23(31)33-5/h6,9-12H,1,7-8,13H2,2-5H3,(H,25,29). The number of anilines is 1. The molecule has 35 heavy (non-hydrogen) atoms. The summed E-state index contributed by atoms with van der Waals surface area (Å²) in [5.41, 5.74) is 2.77. The number of ether oxygens (including phenoxy) is 2. The van der Waals surface area contributed by atoms with E-state index in [4.69, 9.17) is 9.47 Å². The maximum Gasteiger partial charge on any atom is 0.337 e. The van der Waals surface area contributed by atoms with Gasteiger partial charge in [-0.15, -0.1) is 28.1 Å². The number of hydrogen-bond donors (Lipinski definition) is 1. The molecule has 2 heterocycles. The van der Waals surface area contributed by atoms with Crippen LogP contribution in [0.4, 0.5) is 5.69 Å². The zero-order chi connectivity index (χ0) is 25.5. The number of aromatic nitrogens is 3. The Bertz CT molecular complexity index is 1230. The molecule has 1 amide bonds. The number of allylic oxidation sites excluding steroid dienone is 1. The molecule has 0 unspecified atom stereocenters. The number of thiophene rings is 1. The zero-order valence-electron chi connectivity index (χ0n) is 19.9. The summed E-state index contributed by atoms with van der Waals surface area (Å²) >= 11 is 2.90. The summed E-state index contributed by atoms with van der Waals surface area (Å²) in [6, 6.07) is 4.22. The second-order valence-electron chi connectivity index (χ2n) is 7.36. The van der Waals surface area contributed by atoms with E-state index in [2.05, 4.69) is 41.3 Å². The third-order valence-corrected chi connectivity index (χ3v) is 7.04. The molecule has 1 aromatic carbocycles. The van der Waals surface area contributed by atoms with Crippen molar-refractivity contribution >= 4 is 46.6 Å². The highest BCUT2D eigenvalue weighted by molar-refractivity contribution is 7.99. The highest BCUT2D eigenvalue weighted by Crippen LogP contribution is 2.32. The molecular weight excluding hydrogens is 488 g/mol. The van der Waals surface area contributed by atoms with Gasteiger partial charge in [0.2, 0.25) is 5.91 Å². The maximum atomic E-state index is 12.7. The molecule has 0 atom stereocenters. The van der Waals surface area contributed by atoms with Crippen LogP contribution in [-0.4, -0.2) is 52.6 Å². The molecule has 0 aliphatic heterocycles. The van der Waals surface area contributed by atoms with Crippen molar-refractivity contribution in [1.29, 1.82) is 0 Å². The van der Waals surface area contributed by atoms with Gasteiger partial charge in [0.15, 0.2) is 11.0 Å². The molecule has 0 bridgehead atoms. The van der Waals surface area contributed by atoms with E-state index in [1.165, 1.54) is 54.6 Å². The molecule has 3 rings (SSSR count). The molecule has 0 aliphatic carbocycles. The molecule has 2 aromatic heterocycles. The number of carbonyl (C=O) groups excluding carboxylic acids is 3. The normalized spacial score (nSPS) is 10.6. The molecule has 0 radical (unpaired) electrons. The Balaban J connectivity index is 1.79. The van der Waals surface area contributed by atoms with E-state index in [1.807, 2.05) is 4.57 Å². The molecule has 0 fully saturated rings. The number of aryl methyl sites for hydroxylation is 1. The molecule has 184 valence electrons. The van der Waals surface area contributed by atoms with E-state index < -0.39 is 11.9 Å². The lowest BCUT2D eigenvalue weighted by Crippen LogP contribution is -2.16. The summed E-state index contributed by atoms with van der Waals surface area (Å²) in [5, 5.41) is 14.1. The van der Waals surface area contributed by atoms with Crippen LogP contribution in [0.15, 0.2) is 41.4 Å². The number of benzene rings is 1. The number of methoxy groups -OCH3 is 2. The quantitative estimate of drug-likeness (QED) is 0.241. The van der Waals surface area contributed by atoms with Crippen molar-refractivity contribution in [2.24, 2.45) is 0 Å². The topological polar surface area (TPSA) is 112 Å². The molecule has 9 nitrogen and oxygen atoms in total. The first-order valence-electron chi connectivity index (χ1n) is 10.7. The van der Waals surface area contributed by atoms with Crippen LogP contribution in [0.3, 0.4) is 0 Å². The second-order valence-corrected chi connectivity index (χ2v) is 9.39. The predicted molar refractivity (Wildman–Crippen MR) is 136 cm³/mol. The van der Waals surface area contributed by atoms with Gasteiger partial charge < -0.3 is 14.8 Å². The molecule has 0 saturated carbocycles. The average molecular weight is 515 g/mol. The van der Waals surface area contributed by atoms with Gasteiger partial charge in [-0.3, -0.25) is 9.36 Å². The summed E-state index contributed by atoms with van der Waals surface area (Å²) < 4.78 is 11.4. The van der Waals surface area contributed by atoms with Gasteiger partial charge in [0, 0.05) is 28.1 Å². The van der Waals surface area contributed by atoms with E-state index in [-0.39, 0.29) is 28.5 Å².